The predicted molar refractivity (Wildman–Crippen MR) is 96.5 cm³/mol. The summed E-state index contributed by atoms with van der Waals surface area (Å²) in [5.41, 5.74) is 1.39. The average Bonchev–Trinajstić information content (AvgIpc) is 2.56. The third-order valence-corrected chi connectivity index (χ3v) is 3.85. The van der Waals surface area contributed by atoms with Gasteiger partial charge in [-0.25, -0.2) is 4.98 Å². The number of nitrogens with one attached hydrogen (secondary N) is 1. The zero-order valence-electron chi connectivity index (χ0n) is 14.3. The van der Waals surface area contributed by atoms with Crippen LogP contribution in [0.2, 0.25) is 5.02 Å². The number of aromatic nitrogens is 1. The van der Waals surface area contributed by atoms with Gasteiger partial charge in [0.1, 0.15) is 5.56 Å². The number of benzene rings is 1. The van der Waals surface area contributed by atoms with Crippen LogP contribution in [-0.4, -0.2) is 17.5 Å². The van der Waals surface area contributed by atoms with Gasteiger partial charge in [-0.15, -0.1) is 0 Å². The number of pyridine rings is 1. The summed E-state index contributed by atoms with van der Waals surface area (Å²) in [5, 5.41) is 3.37. The van der Waals surface area contributed by atoms with Crippen molar-refractivity contribution in [1.29, 1.82) is 0 Å². The Labute approximate surface area is 148 Å². The van der Waals surface area contributed by atoms with Crippen molar-refractivity contribution in [2.75, 3.05) is 6.61 Å². The van der Waals surface area contributed by atoms with Crippen LogP contribution in [0.25, 0.3) is 0 Å². The van der Waals surface area contributed by atoms with Gasteiger partial charge in [0.25, 0.3) is 5.91 Å². The van der Waals surface area contributed by atoms with E-state index >= 15 is 0 Å². The fourth-order valence-corrected chi connectivity index (χ4v) is 2.35. The predicted octanol–water partition coefficient (Wildman–Crippen LogP) is 4.65. The van der Waals surface area contributed by atoms with Crippen molar-refractivity contribution < 1.29 is 9.53 Å². The Kier molecular flexibility index (Phi) is 6.62. The van der Waals surface area contributed by atoms with Crippen LogP contribution in [0.4, 0.5) is 0 Å². The Morgan fingerprint density at radius 3 is 2.62 bits per heavy atom. The second-order valence-electron chi connectivity index (χ2n) is 6.14. The molecule has 0 saturated heterocycles. The minimum absolute atomic E-state index is 0.124. The number of carbonyl (C=O) groups excluding carboxylic acids is 1. The van der Waals surface area contributed by atoms with Gasteiger partial charge in [0.05, 0.1) is 17.7 Å². The summed E-state index contributed by atoms with van der Waals surface area (Å²) in [7, 11) is 0. The van der Waals surface area contributed by atoms with Crippen LogP contribution in [0.15, 0.2) is 42.6 Å². The largest absolute Gasteiger partial charge is 0.477 e. The summed E-state index contributed by atoms with van der Waals surface area (Å²) in [6, 6.07) is 11.2. The average molecular weight is 347 g/mol. The highest BCUT2D eigenvalue weighted by atomic mass is 35.5. The van der Waals surface area contributed by atoms with E-state index in [1.165, 1.54) is 6.20 Å². The van der Waals surface area contributed by atoms with Crippen LogP contribution in [0.1, 0.15) is 49.2 Å². The SMILES string of the molecule is CC(C)CCOc1ncc(Cl)cc1C(=O)N[C@@H](C)c1ccccc1. The topological polar surface area (TPSA) is 51.2 Å². The maximum Gasteiger partial charge on any atom is 0.257 e. The summed E-state index contributed by atoms with van der Waals surface area (Å²) >= 11 is 6.00. The van der Waals surface area contributed by atoms with Crippen molar-refractivity contribution in [3.05, 3.63) is 58.7 Å². The number of rotatable bonds is 7. The normalized spacial score (nSPS) is 12.0. The van der Waals surface area contributed by atoms with Crippen molar-refractivity contribution in [3.63, 3.8) is 0 Å². The first-order valence-electron chi connectivity index (χ1n) is 8.11. The molecule has 0 fully saturated rings. The van der Waals surface area contributed by atoms with Gasteiger partial charge in [-0.2, -0.15) is 0 Å². The Balaban J connectivity index is 2.11. The lowest BCUT2D eigenvalue weighted by molar-refractivity contribution is 0.0934. The number of carbonyl (C=O) groups is 1. The molecule has 0 radical (unpaired) electrons. The van der Waals surface area contributed by atoms with Gasteiger partial charge in [-0.1, -0.05) is 55.8 Å². The molecule has 0 unspecified atom stereocenters. The van der Waals surface area contributed by atoms with E-state index in [1.54, 1.807) is 6.07 Å². The Morgan fingerprint density at radius 2 is 1.96 bits per heavy atom. The van der Waals surface area contributed by atoms with Gasteiger partial charge >= 0.3 is 0 Å². The molecule has 1 aromatic carbocycles. The lowest BCUT2D eigenvalue weighted by atomic mass is 10.1. The van der Waals surface area contributed by atoms with E-state index in [-0.39, 0.29) is 11.9 Å². The van der Waals surface area contributed by atoms with Gasteiger partial charge in [-0.05, 0) is 30.9 Å². The summed E-state index contributed by atoms with van der Waals surface area (Å²) in [6.07, 6.45) is 2.38. The van der Waals surface area contributed by atoms with Crippen molar-refractivity contribution in [2.24, 2.45) is 5.92 Å². The van der Waals surface area contributed by atoms with E-state index in [1.807, 2.05) is 37.3 Å². The number of hydrogen-bond donors (Lipinski definition) is 1. The standard InChI is InChI=1S/C19H23ClN2O2/c1-13(2)9-10-24-19-17(11-16(20)12-21-19)18(23)22-14(3)15-7-5-4-6-8-15/h4-8,11-14H,9-10H2,1-3H3,(H,22,23)/t14-/m0/s1. The molecular weight excluding hydrogens is 324 g/mol. The maximum absolute atomic E-state index is 12.6. The molecule has 0 spiro atoms. The lowest BCUT2D eigenvalue weighted by Crippen LogP contribution is -2.27. The van der Waals surface area contributed by atoms with E-state index in [0.717, 1.165) is 12.0 Å². The molecule has 1 heterocycles. The second kappa shape index (κ2) is 8.69. The van der Waals surface area contributed by atoms with Crippen molar-refractivity contribution in [1.82, 2.24) is 10.3 Å². The smallest absolute Gasteiger partial charge is 0.257 e. The highest BCUT2D eigenvalue weighted by Crippen LogP contribution is 2.21. The zero-order valence-corrected chi connectivity index (χ0v) is 15.0. The molecular formula is C19H23ClN2O2. The van der Waals surface area contributed by atoms with E-state index in [0.29, 0.717) is 29.0 Å². The van der Waals surface area contributed by atoms with Gasteiger partial charge in [0.2, 0.25) is 5.88 Å². The summed E-state index contributed by atoms with van der Waals surface area (Å²) in [4.78, 5) is 16.8. The van der Waals surface area contributed by atoms with Gasteiger partial charge in [0, 0.05) is 6.20 Å². The first kappa shape index (κ1) is 18.3. The van der Waals surface area contributed by atoms with Crippen molar-refractivity contribution in [3.8, 4) is 5.88 Å². The quantitative estimate of drug-likeness (QED) is 0.793. The van der Waals surface area contributed by atoms with Gasteiger partial charge in [-0.3, -0.25) is 4.79 Å². The number of hydrogen-bond acceptors (Lipinski definition) is 3. The van der Waals surface area contributed by atoms with E-state index in [9.17, 15) is 4.79 Å². The van der Waals surface area contributed by atoms with Crippen LogP contribution >= 0.6 is 11.6 Å². The highest BCUT2D eigenvalue weighted by molar-refractivity contribution is 6.30. The van der Waals surface area contributed by atoms with Gasteiger partial charge in [0.15, 0.2) is 0 Å². The number of nitrogens with zero attached hydrogens (tertiary/aromatic N) is 1. The van der Waals surface area contributed by atoms with E-state index < -0.39 is 0 Å². The molecule has 2 aromatic rings. The number of ether oxygens (including phenoxy) is 1. The number of halogens is 1. The van der Waals surface area contributed by atoms with E-state index in [2.05, 4.69) is 24.1 Å². The summed E-state index contributed by atoms with van der Waals surface area (Å²) < 4.78 is 5.68. The molecule has 4 nitrogen and oxygen atoms in total. The number of amides is 1. The Morgan fingerprint density at radius 1 is 1.25 bits per heavy atom. The van der Waals surface area contributed by atoms with Crippen LogP contribution in [0.5, 0.6) is 5.88 Å². The van der Waals surface area contributed by atoms with E-state index in [4.69, 9.17) is 16.3 Å². The molecule has 128 valence electrons. The van der Waals surface area contributed by atoms with Crippen LogP contribution in [0.3, 0.4) is 0 Å². The zero-order chi connectivity index (χ0) is 17.5. The molecule has 1 aromatic heterocycles. The molecule has 1 atom stereocenters. The van der Waals surface area contributed by atoms with Gasteiger partial charge < -0.3 is 10.1 Å². The first-order chi connectivity index (χ1) is 11.5. The first-order valence-corrected chi connectivity index (χ1v) is 8.49. The fraction of sp³-hybridized carbons (Fsp3) is 0.368. The molecule has 0 aliphatic carbocycles. The maximum atomic E-state index is 12.6. The summed E-state index contributed by atoms with van der Waals surface area (Å²) in [5.74, 6) is 0.589. The van der Waals surface area contributed by atoms with Crippen molar-refractivity contribution in [2.45, 2.75) is 33.2 Å². The van der Waals surface area contributed by atoms with Crippen LogP contribution < -0.4 is 10.1 Å². The minimum Gasteiger partial charge on any atom is -0.477 e. The van der Waals surface area contributed by atoms with Crippen LogP contribution in [0, 0.1) is 5.92 Å². The third kappa shape index (κ3) is 5.24. The third-order valence-electron chi connectivity index (χ3n) is 3.64. The molecule has 0 aliphatic heterocycles. The highest BCUT2D eigenvalue weighted by Gasteiger charge is 2.17. The molecule has 1 N–H and O–H groups in total. The molecule has 1 amide bonds. The molecule has 2 rings (SSSR count). The Hall–Kier alpha value is -2.07. The van der Waals surface area contributed by atoms with Crippen LogP contribution in [-0.2, 0) is 0 Å². The molecule has 0 saturated carbocycles. The molecule has 24 heavy (non-hydrogen) atoms. The molecule has 5 heteroatoms. The second-order valence-corrected chi connectivity index (χ2v) is 6.58. The molecule has 0 bridgehead atoms. The summed E-state index contributed by atoms with van der Waals surface area (Å²) in [6.45, 7) is 6.69. The monoisotopic (exact) mass is 346 g/mol. The minimum atomic E-state index is -0.249. The Bertz CT molecular complexity index is 674. The fourth-order valence-electron chi connectivity index (χ4n) is 2.20. The lowest BCUT2D eigenvalue weighted by Gasteiger charge is -2.16. The van der Waals surface area contributed by atoms with Crippen molar-refractivity contribution >= 4 is 17.5 Å². The molecule has 0 aliphatic rings.